The van der Waals surface area contributed by atoms with Crippen LogP contribution in [-0.4, -0.2) is 36.5 Å². The van der Waals surface area contributed by atoms with Gasteiger partial charge in [0, 0.05) is 25.6 Å². The Hall–Kier alpha value is -0.570. The van der Waals surface area contributed by atoms with Gasteiger partial charge in [-0.05, 0) is 26.3 Å². The minimum atomic E-state index is 0.318. The lowest BCUT2D eigenvalue weighted by atomic mass is 10.2. The van der Waals surface area contributed by atoms with Gasteiger partial charge in [-0.25, -0.2) is 0 Å². The lowest BCUT2D eigenvalue weighted by molar-refractivity contribution is -0.132. The molecule has 0 saturated carbocycles. The first-order valence-corrected chi connectivity index (χ1v) is 5.26. The van der Waals surface area contributed by atoms with Crippen molar-refractivity contribution in [2.45, 2.75) is 39.2 Å². The summed E-state index contributed by atoms with van der Waals surface area (Å²) in [7, 11) is 0. The first kappa shape index (κ1) is 10.5. The minimum Gasteiger partial charge on any atom is -0.339 e. The monoisotopic (exact) mass is 184 g/mol. The van der Waals surface area contributed by atoms with Gasteiger partial charge in [0.2, 0.25) is 5.91 Å². The number of carbonyl (C=O) groups is 1. The van der Waals surface area contributed by atoms with Crippen LogP contribution < -0.4 is 5.32 Å². The summed E-state index contributed by atoms with van der Waals surface area (Å²) in [5.74, 6) is 0.318. The summed E-state index contributed by atoms with van der Waals surface area (Å²) in [6.45, 7) is 7.08. The molecular formula is C10H20N2O. The van der Waals surface area contributed by atoms with Crippen LogP contribution in [0.1, 0.15) is 33.1 Å². The van der Waals surface area contributed by atoms with Crippen molar-refractivity contribution in [3.63, 3.8) is 0 Å². The third-order valence-corrected chi connectivity index (χ3v) is 2.51. The van der Waals surface area contributed by atoms with E-state index in [1.165, 1.54) is 0 Å². The highest BCUT2D eigenvalue weighted by atomic mass is 16.2. The highest BCUT2D eigenvalue weighted by Gasteiger charge is 2.20. The molecule has 1 unspecified atom stereocenters. The molecule has 3 heteroatoms. The van der Waals surface area contributed by atoms with Crippen LogP contribution in [0.2, 0.25) is 0 Å². The van der Waals surface area contributed by atoms with Crippen molar-refractivity contribution in [3.05, 3.63) is 0 Å². The maximum atomic E-state index is 11.7. The van der Waals surface area contributed by atoms with Crippen LogP contribution in [0.3, 0.4) is 0 Å². The molecule has 0 aliphatic carbocycles. The molecule has 0 spiro atoms. The lowest BCUT2D eigenvalue weighted by Gasteiger charge is -2.26. The van der Waals surface area contributed by atoms with Gasteiger partial charge in [0.05, 0.1) is 0 Å². The van der Waals surface area contributed by atoms with Gasteiger partial charge in [-0.1, -0.05) is 6.92 Å². The number of nitrogens with zero attached hydrogens (tertiary/aromatic N) is 1. The number of hydrogen-bond acceptors (Lipinski definition) is 2. The maximum absolute atomic E-state index is 11.7. The predicted octanol–water partition coefficient (Wildman–Crippen LogP) is 0.997. The van der Waals surface area contributed by atoms with Crippen LogP contribution in [-0.2, 0) is 4.79 Å². The Bertz CT molecular complexity index is 170. The van der Waals surface area contributed by atoms with E-state index in [1.54, 1.807) is 0 Å². The Morgan fingerprint density at radius 1 is 1.62 bits per heavy atom. The summed E-state index contributed by atoms with van der Waals surface area (Å²) in [4.78, 5) is 13.7. The van der Waals surface area contributed by atoms with E-state index < -0.39 is 0 Å². The van der Waals surface area contributed by atoms with Crippen molar-refractivity contribution in [1.29, 1.82) is 0 Å². The third-order valence-electron chi connectivity index (χ3n) is 2.51. The number of nitrogens with one attached hydrogen (secondary N) is 1. The molecule has 1 rings (SSSR count). The van der Waals surface area contributed by atoms with Gasteiger partial charge in [-0.15, -0.1) is 0 Å². The molecule has 1 aliphatic rings. The van der Waals surface area contributed by atoms with Gasteiger partial charge in [0.25, 0.3) is 0 Å². The average molecular weight is 184 g/mol. The average Bonchev–Trinajstić information content (AvgIpc) is 2.30. The van der Waals surface area contributed by atoms with Gasteiger partial charge in [0.1, 0.15) is 0 Å². The van der Waals surface area contributed by atoms with E-state index in [1.807, 2.05) is 4.90 Å². The zero-order valence-corrected chi connectivity index (χ0v) is 8.68. The Morgan fingerprint density at radius 2 is 2.38 bits per heavy atom. The second-order valence-electron chi connectivity index (χ2n) is 3.74. The summed E-state index contributed by atoms with van der Waals surface area (Å²) < 4.78 is 0. The van der Waals surface area contributed by atoms with Crippen molar-refractivity contribution < 1.29 is 4.79 Å². The fourth-order valence-electron chi connectivity index (χ4n) is 1.74. The molecule has 3 nitrogen and oxygen atoms in total. The molecule has 0 radical (unpaired) electrons. The second-order valence-corrected chi connectivity index (χ2v) is 3.74. The summed E-state index contributed by atoms with van der Waals surface area (Å²) >= 11 is 0. The molecular weight excluding hydrogens is 164 g/mol. The predicted molar refractivity (Wildman–Crippen MR) is 53.6 cm³/mol. The Labute approximate surface area is 80.5 Å². The van der Waals surface area contributed by atoms with Crippen molar-refractivity contribution >= 4 is 5.91 Å². The van der Waals surface area contributed by atoms with Crippen LogP contribution in [0.25, 0.3) is 0 Å². The van der Waals surface area contributed by atoms with Gasteiger partial charge in [0.15, 0.2) is 0 Å². The molecule has 0 aromatic rings. The SMILES string of the molecule is CCCC(=O)N1CCCNCC1C. The standard InChI is InChI=1S/C10H20N2O/c1-3-5-10(13)12-7-4-6-11-8-9(12)2/h9,11H,3-8H2,1-2H3. The summed E-state index contributed by atoms with van der Waals surface area (Å²) in [6, 6.07) is 0.363. The largest absolute Gasteiger partial charge is 0.339 e. The van der Waals surface area contributed by atoms with Crippen molar-refractivity contribution in [2.75, 3.05) is 19.6 Å². The number of amides is 1. The van der Waals surface area contributed by atoms with Crippen LogP contribution in [0.5, 0.6) is 0 Å². The normalized spacial score (nSPS) is 24.2. The van der Waals surface area contributed by atoms with E-state index in [4.69, 9.17) is 0 Å². The fraction of sp³-hybridized carbons (Fsp3) is 0.900. The topological polar surface area (TPSA) is 32.3 Å². The van der Waals surface area contributed by atoms with Gasteiger partial charge in [-0.2, -0.15) is 0 Å². The second kappa shape index (κ2) is 5.22. The first-order valence-electron chi connectivity index (χ1n) is 5.26. The molecule has 13 heavy (non-hydrogen) atoms. The first-order chi connectivity index (χ1) is 6.25. The number of carbonyl (C=O) groups excluding carboxylic acids is 1. The molecule has 1 fully saturated rings. The van der Waals surface area contributed by atoms with E-state index in [0.717, 1.165) is 32.5 Å². The zero-order chi connectivity index (χ0) is 9.68. The molecule has 1 atom stereocenters. The highest BCUT2D eigenvalue weighted by molar-refractivity contribution is 5.76. The van der Waals surface area contributed by atoms with E-state index in [9.17, 15) is 4.79 Å². The molecule has 1 aliphatic heterocycles. The van der Waals surface area contributed by atoms with Crippen molar-refractivity contribution in [2.24, 2.45) is 0 Å². The van der Waals surface area contributed by atoms with Gasteiger partial charge < -0.3 is 10.2 Å². The Kier molecular flexibility index (Phi) is 4.22. The van der Waals surface area contributed by atoms with Crippen molar-refractivity contribution in [1.82, 2.24) is 10.2 Å². The van der Waals surface area contributed by atoms with Crippen molar-refractivity contribution in [3.8, 4) is 0 Å². The molecule has 0 aromatic heterocycles. The maximum Gasteiger partial charge on any atom is 0.222 e. The van der Waals surface area contributed by atoms with Crippen LogP contribution in [0.4, 0.5) is 0 Å². The van der Waals surface area contributed by atoms with Crippen LogP contribution >= 0.6 is 0 Å². The van der Waals surface area contributed by atoms with E-state index in [2.05, 4.69) is 19.2 Å². The molecule has 1 heterocycles. The molecule has 1 amide bonds. The third kappa shape index (κ3) is 2.99. The summed E-state index contributed by atoms with van der Waals surface area (Å²) in [5, 5.41) is 3.33. The minimum absolute atomic E-state index is 0.318. The lowest BCUT2D eigenvalue weighted by Crippen LogP contribution is -2.41. The fourth-order valence-corrected chi connectivity index (χ4v) is 1.74. The number of rotatable bonds is 2. The summed E-state index contributed by atoms with van der Waals surface area (Å²) in [6.07, 6.45) is 2.74. The molecule has 0 bridgehead atoms. The van der Waals surface area contributed by atoms with E-state index >= 15 is 0 Å². The molecule has 76 valence electrons. The molecule has 1 saturated heterocycles. The quantitative estimate of drug-likeness (QED) is 0.694. The smallest absolute Gasteiger partial charge is 0.222 e. The highest BCUT2D eigenvalue weighted by Crippen LogP contribution is 2.06. The van der Waals surface area contributed by atoms with E-state index in [-0.39, 0.29) is 0 Å². The van der Waals surface area contributed by atoms with Crippen LogP contribution in [0, 0.1) is 0 Å². The van der Waals surface area contributed by atoms with Crippen LogP contribution in [0.15, 0.2) is 0 Å². The molecule has 1 N–H and O–H groups in total. The van der Waals surface area contributed by atoms with E-state index in [0.29, 0.717) is 18.4 Å². The number of hydrogen-bond donors (Lipinski definition) is 1. The van der Waals surface area contributed by atoms with Gasteiger partial charge in [-0.3, -0.25) is 4.79 Å². The Morgan fingerprint density at radius 3 is 3.08 bits per heavy atom. The molecule has 0 aromatic carbocycles. The Balaban J connectivity index is 2.48. The van der Waals surface area contributed by atoms with Gasteiger partial charge >= 0.3 is 0 Å². The zero-order valence-electron chi connectivity index (χ0n) is 8.68. The summed E-state index contributed by atoms with van der Waals surface area (Å²) in [5.41, 5.74) is 0.